The number of piperidine rings is 1. The van der Waals surface area contributed by atoms with Gasteiger partial charge in [-0.15, -0.1) is 0 Å². The molecule has 0 spiro atoms. The molecule has 1 saturated heterocycles. The number of amides is 1. The molecule has 1 aromatic carbocycles. The van der Waals surface area contributed by atoms with Gasteiger partial charge in [-0.3, -0.25) is 4.79 Å². The zero-order valence-electron chi connectivity index (χ0n) is 12.9. The van der Waals surface area contributed by atoms with E-state index in [0.717, 1.165) is 4.31 Å². The van der Waals surface area contributed by atoms with Crippen LogP contribution in [0.5, 0.6) is 0 Å². The summed E-state index contributed by atoms with van der Waals surface area (Å²) in [4.78, 5) is 12.3. The Bertz CT molecular complexity index is 697. The molecular weight excluding hydrogens is 345 g/mol. The third-order valence-corrected chi connectivity index (χ3v) is 5.93. The van der Waals surface area contributed by atoms with E-state index in [4.69, 9.17) is 11.6 Å². The third-order valence-electron chi connectivity index (χ3n) is 3.73. The predicted molar refractivity (Wildman–Crippen MR) is 86.9 cm³/mol. The Morgan fingerprint density at radius 2 is 2.13 bits per heavy atom. The molecule has 1 aliphatic heterocycles. The first-order valence-electron chi connectivity index (χ1n) is 7.15. The fourth-order valence-electron chi connectivity index (χ4n) is 2.42. The zero-order chi connectivity index (χ0) is 17.2. The van der Waals surface area contributed by atoms with Crippen molar-refractivity contribution in [3.05, 3.63) is 29.0 Å². The number of anilines is 1. The van der Waals surface area contributed by atoms with Crippen molar-refractivity contribution < 1.29 is 17.6 Å². The monoisotopic (exact) mass is 363 g/mol. The maximum atomic E-state index is 13.1. The minimum Gasteiger partial charge on any atom is -0.326 e. The molecule has 0 radical (unpaired) electrons. The summed E-state index contributed by atoms with van der Waals surface area (Å²) in [5.41, 5.74) is 0.383. The Morgan fingerprint density at radius 1 is 1.43 bits per heavy atom. The Balaban J connectivity index is 2.06. The summed E-state index contributed by atoms with van der Waals surface area (Å²) in [7, 11) is -0.620. The van der Waals surface area contributed by atoms with Crippen LogP contribution in [0.2, 0.25) is 5.02 Å². The average molecular weight is 364 g/mol. The van der Waals surface area contributed by atoms with Crippen LogP contribution >= 0.6 is 11.6 Å². The standard InChI is InChI=1S/C14H19ClFN3O3S/c1-18(2)23(21,22)19-7-3-4-10(9-19)14(20)17-11-5-6-13(16)12(15)8-11/h5-6,8,10H,3-4,7,9H2,1-2H3,(H,17,20)/t10-/m1/s1. The fraction of sp³-hybridized carbons (Fsp3) is 0.500. The third kappa shape index (κ3) is 4.20. The molecule has 0 bridgehead atoms. The molecule has 1 atom stereocenters. The summed E-state index contributed by atoms with van der Waals surface area (Å²) < 4.78 is 39.9. The lowest BCUT2D eigenvalue weighted by Gasteiger charge is -2.32. The van der Waals surface area contributed by atoms with Crippen molar-refractivity contribution in [2.24, 2.45) is 5.92 Å². The van der Waals surface area contributed by atoms with Gasteiger partial charge in [0.25, 0.3) is 10.2 Å². The second-order valence-electron chi connectivity index (χ2n) is 5.61. The van der Waals surface area contributed by atoms with Gasteiger partial charge in [0, 0.05) is 32.9 Å². The molecule has 1 N–H and O–H groups in total. The van der Waals surface area contributed by atoms with Crippen molar-refractivity contribution in [2.75, 3.05) is 32.5 Å². The number of rotatable bonds is 4. The summed E-state index contributed by atoms with van der Waals surface area (Å²) >= 11 is 5.68. The van der Waals surface area contributed by atoms with Gasteiger partial charge < -0.3 is 5.32 Å². The molecule has 1 fully saturated rings. The maximum absolute atomic E-state index is 13.1. The molecule has 0 aliphatic carbocycles. The number of carbonyl (C=O) groups excluding carboxylic acids is 1. The highest BCUT2D eigenvalue weighted by Crippen LogP contribution is 2.23. The lowest BCUT2D eigenvalue weighted by molar-refractivity contribution is -0.120. The SMILES string of the molecule is CN(C)S(=O)(=O)N1CCC[C@@H](C(=O)Nc2ccc(F)c(Cl)c2)C1. The summed E-state index contributed by atoms with van der Waals surface area (Å²) in [5.74, 6) is -1.32. The number of nitrogens with zero attached hydrogens (tertiary/aromatic N) is 2. The van der Waals surface area contributed by atoms with Gasteiger partial charge in [0.15, 0.2) is 0 Å². The molecule has 1 heterocycles. The van der Waals surface area contributed by atoms with E-state index in [0.29, 0.717) is 25.1 Å². The van der Waals surface area contributed by atoms with Crippen LogP contribution in [0.25, 0.3) is 0 Å². The van der Waals surface area contributed by atoms with Crippen LogP contribution in [0.1, 0.15) is 12.8 Å². The normalized spacial score (nSPS) is 19.8. The second kappa shape index (κ2) is 7.12. The average Bonchev–Trinajstić information content (AvgIpc) is 2.51. The van der Waals surface area contributed by atoms with E-state index in [-0.39, 0.29) is 17.5 Å². The minimum absolute atomic E-state index is 0.0803. The molecule has 23 heavy (non-hydrogen) atoms. The summed E-state index contributed by atoms with van der Waals surface area (Å²) in [5, 5.41) is 2.58. The Labute approximate surface area is 140 Å². The highest BCUT2D eigenvalue weighted by molar-refractivity contribution is 7.86. The van der Waals surface area contributed by atoms with Crippen molar-refractivity contribution in [3.8, 4) is 0 Å². The molecule has 0 aromatic heterocycles. The number of hydrogen-bond acceptors (Lipinski definition) is 3. The predicted octanol–water partition coefficient (Wildman–Crippen LogP) is 1.94. The molecular formula is C14H19ClFN3O3S. The van der Waals surface area contributed by atoms with Crippen molar-refractivity contribution in [1.29, 1.82) is 0 Å². The Morgan fingerprint density at radius 3 is 2.74 bits per heavy atom. The van der Waals surface area contributed by atoms with Crippen LogP contribution in [0, 0.1) is 11.7 Å². The van der Waals surface area contributed by atoms with Gasteiger partial charge >= 0.3 is 0 Å². The summed E-state index contributed by atoms with van der Waals surface area (Å²) in [6.07, 6.45) is 1.20. The molecule has 1 aliphatic rings. The van der Waals surface area contributed by atoms with Crippen molar-refractivity contribution in [3.63, 3.8) is 0 Å². The van der Waals surface area contributed by atoms with Gasteiger partial charge in [-0.25, -0.2) is 4.39 Å². The van der Waals surface area contributed by atoms with Gasteiger partial charge in [0.05, 0.1) is 10.9 Å². The number of carbonyl (C=O) groups is 1. The number of benzene rings is 1. The van der Waals surface area contributed by atoms with Crippen LogP contribution in [-0.4, -0.2) is 50.1 Å². The number of nitrogens with one attached hydrogen (secondary N) is 1. The van der Waals surface area contributed by atoms with Crippen molar-refractivity contribution in [1.82, 2.24) is 8.61 Å². The smallest absolute Gasteiger partial charge is 0.281 e. The highest BCUT2D eigenvalue weighted by atomic mass is 35.5. The first kappa shape index (κ1) is 18.1. The molecule has 9 heteroatoms. The van der Waals surface area contributed by atoms with Gasteiger partial charge in [-0.05, 0) is 31.0 Å². The molecule has 1 amide bonds. The number of halogens is 2. The van der Waals surface area contributed by atoms with E-state index < -0.39 is 21.9 Å². The second-order valence-corrected chi connectivity index (χ2v) is 8.16. The topological polar surface area (TPSA) is 69.7 Å². The van der Waals surface area contributed by atoms with Crippen LogP contribution in [0.4, 0.5) is 10.1 Å². The Kier molecular flexibility index (Phi) is 5.61. The molecule has 0 unspecified atom stereocenters. The highest BCUT2D eigenvalue weighted by Gasteiger charge is 2.33. The van der Waals surface area contributed by atoms with Crippen LogP contribution in [0.3, 0.4) is 0 Å². The van der Waals surface area contributed by atoms with Crippen molar-refractivity contribution >= 4 is 33.4 Å². The van der Waals surface area contributed by atoms with Gasteiger partial charge in [0.1, 0.15) is 5.82 Å². The maximum Gasteiger partial charge on any atom is 0.281 e. The van der Waals surface area contributed by atoms with E-state index in [1.807, 2.05) is 0 Å². The van der Waals surface area contributed by atoms with E-state index in [1.54, 1.807) is 0 Å². The summed E-state index contributed by atoms with van der Waals surface area (Å²) in [6.45, 7) is 0.522. The summed E-state index contributed by atoms with van der Waals surface area (Å²) in [6, 6.07) is 3.91. The quantitative estimate of drug-likeness (QED) is 0.888. The zero-order valence-corrected chi connectivity index (χ0v) is 14.5. The molecule has 0 saturated carbocycles. The molecule has 1 aromatic rings. The lowest BCUT2D eigenvalue weighted by Crippen LogP contribution is -2.47. The van der Waals surface area contributed by atoms with Crippen LogP contribution in [-0.2, 0) is 15.0 Å². The lowest BCUT2D eigenvalue weighted by atomic mass is 9.99. The molecule has 128 valence electrons. The number of hydrogen-bond donors (Lipinski definition) is 1. The van der Waals surface area contributed by atoms with Gasteiger partial charge in [0.2, 0.25) is 5.91 Å². The minimum atomic E-state index is -3.54. The van der Waals surface area contributed by atoms with Crippen LogP contribution < -0.4 is 5.32 Å². The molecule has 2 rings (SSSR count). The fourth-order valence-corrected chi connectivity index (χ4v) is 3.79. The first-order valence-corrected chi connectivity index (χ1v) is 8.93. The van der Waals surface area contributed by atoms with E-state index in [9.17, 15) is 17.6 Å². The van der Waals surface area contributed by atoms with E-state index >= 15 is 0 Å². The van der Waals surface area contributed by atoms with Crippen molar-refractivity contribution in [2.45, 2.75) is 12.8 Å². The van der Waals surface area contributed by atoms with Crippen LogP contribution in [0.15, 0.2) is 18.2 Å². The van der Waals surface area contributed by atoms with E-state index in [2.05, 4.69) is 5.32 Å². The van der Waals surface area contributed by atoms with Gasteiger partial charge in [-0.2, -0.15) is 17.0 Å². The molecule has 6 nitrogen and oxygen atoms in total. The largest absolute Gasteiger partial charge is 0.326 e. The van der Waals surface area contributed by atoms with E-state index in [1.165, 1.54) is 36.6 Å². The Hall–Kier alpha value is -1.22. The van der Waals surface area contributed by atoms with Gasteiger partial charge in [-0.1, -0.05) is 11.6 Å². The first-order chi connectivity index (χ1) is 10.7.